The Hall–Kier alpha value is -1.14. The first-order chi connectivity index (χ1) is 9.59. The summed E-state index contributed by atoms with van der Waals surface area (Å²) >= 11 is 5.18. The fourth-order valence-corrected chi connectivity index (χ4v) is 3.69. The third-order valence-electron chi connectivity index (χ3n) is 3.78. The summed E-state index contributed by atoms with van der Waals surface area (Å²) in [5, 5.41) is 9.23. The second-order valence-electron chi connectivity index (χ2n) is 5.18. The van der Waals surface area contributed by atoms with Crippen molar-refractivity contribution >= 4 is 33.2 Å². The van der Waals surface area contributed by atoms with E-state index in [1.807, 2.05) is 31.5 Å². The van der Waals surface area contributed by atoms with E-state index in [0.717, 1.165) is 10.2 Å². The molecule has 106 valence electrons. The average Bonchev–Trinajstić information content (AvgIpc) is 3.00. The average molecular weight is 354 g/mol. The SMILES string of the molecule is C[C@@H](c1cccs1)N(C)C(=O)c1n[nH]c(C2CC2)c1Br. The fraction of sp³-hybridized carbons (Fsp3) is 0.429. The number of H-pyrrole nitrogens is 1. The largest absolute Gasteiger partial charge is 0.333 e. The van der Waals surface area contributed by atoms with E-state index in [9.17, 15) is 4.79 Å². The van der Waals surface area contributed by atoms with E-state index in [-0.39, 0.29) is 11.9 Å². The van der Waals surface area contributed by atoms with Crippen molar-refractivity contribution in [2.45, 2.75) is 31.7 Å². The standard InChI is InChI=1S/C14H16BrN3OS/c1-8(10-4-3-7-20-10)18(2)14(19)13-11(15)12(16-17-13)9-5-6-9/h3-4,7-9H,5-6H2,1-2H3,(H,16,17)/t8-/m0/s1. The number of halogens is 1. The molecule has 0 saturated heterocycles. The summed E-state index contributed by atoms with van der Waals surface area (Å²) in [4.78, 5) is 15.5. The molecule has 1 aliphatic rings. The maximum Gasteiger partial charge on any atom is 0.275 e. The summed E-state index contributed by atoms with van der Waals surface area (Å²) in [6, 6.07) is 4.11. The molecule has 1 fully saturated rings. The molecule has 1 N–H and O–H groups in total. The highest BCUT2D eigenvalue weighted by Gasteiger charge is 2.32. The number of aromatic amines is 1. The molecule has 1 saturated carbocycles. The van der Waals surface area contributed by atoms with Crippen molar-refractivity contribution in [3.05, 3.63) is 38.3 Å². The summed E-state index contributed by atoms with van der Waals surface area (Å²) in [6.45, 7) is 2.03. The molecule has 20 heavy (non-hydrogen) atoms. The molecule has 2 aromatic rings. The van der Waals surface area contributed by atoms with Gasteiger partial charge in [-0.05, 0) is 47.1 Å². The molecule has 0 bridgehead atoms. The van der Waals surface area contributed by atoms with Crippen LogP contribution in [0.5, 0.6) is 0 Å². The minimum atomic E-state index is -0.0547. The highest BCUT2D eigenvalue weighted by molar-refractivity contribution is 9.10. The lowest BCUT2D eigenvalue weighted by Gasteiger charge is -2.23. The number of hydrogen-bond acceptors (Lipinski definition) is 3. The molecule has 0 unspecified atom stereocenters. The highest BCUT2D eigenvalue weighted by Crippen LogP contribution is 2.43. The van der Waals surface area contributed by atoms with E-state index in [1.165, 1.54) is 17.7 Å². The van der Waals surface area contributed by atoms with Gasteiger partial charge in [0.1, 0.15) is 0 Å². The Balaban J connectivity index is 1.81. The summed E-state index contributed by atoms with van der Waals surface area (Å²) in [7, 11) is 1.82. The molecule has 2 heterocycles. The van der Waals surface area contributed by atoms with Crippen LogP contribution in [0.3, 0.4) is 0 Å². The van der Waals surface area contributed by atoms with Crippen LogP contribution in [0.1, 0.15) is 52.8 Å². The Kier molecular flexibility index (Phi) is 3.69. The number of rotatable bonds is 4. The van der Waals surface area contributed by atoms with Crippen molar-refractivity contribution in [3.8, 4) is 0 Å². The van der Waals surface area contributed by atoms with Gasteiger partial charge in [0.25, 0.3) is 5.91 Å². The van der Waals surface area contributed by atoms with Crippen LogP contribution in [0.25, 0.3) is 0 Å². The van der Waals surface area contributed by atoms with Gasteiger partial charge in [0.05, 0.1) is 16.2 Å². The van der Waals surface area contributed by atoms with Crippen LogP contribution < -0.4 is 0 Å². The van der Waals surface area contributed by atoms with Crippen molar-refractivity contribution < 1.29 is 4.79 Å². The maximum absolute atomic E-state index is 12.6. The number of aromatic nitrogens is 2. The number of nitrogens with one attached hydrogen (secondary N) is 1. The van der Waals surface area contributed by atoms with Crippen LogP contribution in [0.4, 0.5) is 0 Å². The molecular formula is C14H16BrN3OS. The van der Waals surface area contributed by atoms with Crippen molar-refractivity contribution in [1.82, 2.24) is 15.1 Å². The third-order valence-corrected chi connectivity index (χ3v) is 5.62. The molecule has 3 rings (SSSR count). The first kappa shape index (κ1) is 13.8. The van der Waals surface area contributed by atoms with Crippen molar-refractivity contribution in [2.24, 2.45) is 0 Å². The minimum Gasteiger partial charge on any atom is -0.333 e. The second kappa shape index (κ2) is 5.33. The van der Waals surface area contributed by atoms with Gasteiger partial charge in [-0.25, -0.2) is 0 Å². The van der Waals surface area contributed by atoms with E-state index in [1.54, 1.807) is 16.2 Å². The first-order valence-corrected chi connectivity index (χ1v) is 8.31. The predicted octanol–water partition coefficient (Wildman–Crippen LogP) is 3.94. The monoisotopic (exact) mass is 353 g/mol. The van der Waals surface area contributed by atoms with Crippen LogP contribution in [0.2, 0.25) is 0 Å². The summed E-state index contributed by atoms with van der Waals surface area (Å²) in [5.74, 6) is 0.486. The van der Waals surface area contributed by atoms with Crippen LogP contribution >= 0.6 is 27.3 Å². The zero-order chi connectivity index (χ0) is 14.3. The van der Waals surface area contributed by atoms with Crippen LogP contribution in [-0.4, -0.2) is 28.1 Å². The van der Waals surface area contributed by atoms with Gasteiger partial charge >= 0.3 is 0 Å². The second-order valence-corrected chi connectivity index (χ2v) is 6.95. The van der Waals surface area contributed by atoms with Crippen LogP contribution in [0, 0.1) is 0 Å². The molecule has 0 aromatic carbocycles. The molecule has 4 nitrogen and oxygen atoms in total. The van der Waals surface area contributed by atoms with Gasteiger partial charge in [-0.2, -0.15) is 5.10 Å². The molecule has 1 amide bonds. The molecule has 2 aromatic heterocycles. The van der Waals surface area contributed by atoms with Gasteiger partial charge in [-0.15, -0.1) is 11.3 Å². The summed E-state index contributed by atoms with van der Waals surface area (Å²) in [6.07, 6.45) is 2.35. The Morgan fingerprint density at radius 3 is 2.95 bits per heavy atom. The van der Waals surface area contributed by atoms with E-state index in [2.05, 4.69) is 26.1 Å². The summed E-state index contributed by atoms with van der Waals surface area (Å²) in [5.41, 5.74) is 1.54. The van der Waals surface area contributed by atoms with Gasteiger partial charge in [0.2, 0.25) is 0 Å². The lowest BCUT2D eigenvalue weighted by Crippen LogP contribution is -2.29. The Morgan fingerprint density at radius 2 is 2.35 bits per heavy atom. The molecular weight excluding hydrogens is 338 g/mol. The Morgan fingerprint density at radius 1 is 1.60 bits per heavy atom. The van der Waals surface area contributed by atoms with Crippen LogP contribution in [-0.2, 0) is 0 Å². The van der Waals surface area contributed by atoms with Gasteiger partial charge in [-0.1, -0.05) is 6.07 Å². The quantitative estimate of drug-likeness (QED) is 0.904. The zero-order valence-electron chi connectivity index (χ0n) is 11.4. The molecule has 0 spiro atoms. The number of nitrogens with zero attached hydrogens (tertiary/aromatic N) is 2. The summed E-state index contributed by atoms with van der Waals surface area (Å²) < 4.78 is 0.829. The molecule has 1 atom stereocenters. The lowest BCUT2D eigenvalue weighted by atomic mass is 10.2. The first-order valence-electron chi connectivity index (χ1n) is 6.64. The minimum absolute atomic E-state index is 0.0514. The molecule has 6 heteroatoms. The number of carbonyl (C=O) groups excluding carboxylic acids is 1. The topological polar surface area (TPSA) is 49.0 Å². The number of thiophene rings is 1. The van der Waals surface area contributed by atoms with Crippen molar-refractivity contribution in [3.63, 3.8) is 0 Å². The van der Waals surface area contributed by atoms with Crippen LogP contribution in [0.15, 0.2) is 22.0 Å². The highest BCUT2D eigenvalue weighted by atomic mass is 79.9. The maximum atomic E-state index is 12.6. The van der Waals surface area contributed by atoms with Gasteiger partial charge in [0.15, 0.2) is 5.69 Å². The molecule has 0 aliphatic heterocycles. The van der Waals surface area contributed by atoms with E-state index < -0.39 is 0 Å². The smallest absolute Gasteiger partial charge is 0.275 e. The van der Waals surface area contributed by atoms with Gasteiger partial charge < -0.3 is 4.90 Å². The third kappa shape index (κ3) is 2.42. The number of amides is 1. The predicted molar refractivity (Wildman–Crippen MR) is 83.1 cm³/mol. The molecule has 1 aliphatic carbocycles. The molecule has 0 radical (unpaired) electrons. The number of hydrogen-bond donors (Lipinski definition) is 1. The Labute approximate surface area is 130 Å². The zero-order valence-corrected chi connectivity index (χ0v) is 13.8. The normalized spacial score (nSPS) is 16.1. The van der Waals surface area contributed by atoms with E-state index >= 15 is 0 Å². The number of carbonyl (C=O) groups is 1. The van der Waals surface area contributed by atoms with Gasteiger partial charge in [0, 0.05) is 17.8 Å². The van der Waals surface area contributed by atoms with Gasteiger partial charge in [-0.3, -0.25) is 9.89 Å². The van der Waals surface area contributed by atoms with Crippen molar-refractivity contribution in [2.75, 3.05) is 7.05 Å². The fourth-order valence-electron chi connectivity index (χ4n) is 2.19. The lowest BCUT2D eigenvalue weighted by molar-refractivity contribution is 0.0738. The van der Waals surface area contributed by atoms with Crippen molar-refractivity contribution in [1.29, 1.82) is 0 Å². The Bertz CT molecular complexity index is 618. The van der Waals surface area contributed by atoms with E-state index in [0.29, 0.717) is 11.6 Å². The van der Waals surface area contributed by atoms with E-state index in [4.69, 9.17) is 0 Å².